The van der Waals surface area contributed by atoms with Crippen LogP contribution >= 0.6 is 0 Å². The van der Waals surface area contributed by atoms with E-state index in [1.54, 1.807) is 59.6 Å². The second-order valence-electron chi connectivity index (χ2n) is 8.51. The van der Waals surface area contributed by atoms with Crippen LogP contribution in [0.4, 0.5) is 0 Å². The van der Waals surface area contributed by atoms with E-state index >= 15 is 0 Å². The minimum atomic E-state index is -0.985. The van der Waals surface area contributed by atoms with Crippen LogP contribution in [-0.2, 0) is 6.54 Å². The Balaban J connectivity index is 1.56. The number of amides is 1. The third kappa shape index (κ3) is 6.07. The maximum Gasteiger partial charge on any atom is 0.335 e. The molecule has 0 unspecified atom stereocenters. The molecule has 1 N–H and O–H groups in total. The van der Waals surface area contributed by atoms with Crippen LogP contribution < -0.4 is 4.74 Å². The molecule has 0 atom stereocenters. The monoisotopic (exact) mass is 477 g/mol. The number of carbonyl (C=O) groups excluding carboxylic acids is 1. The standard InChI is InChI=1S/C31H27NO4/c1-22-7-6-8-23(2)29(22)36-28-17-15-26(16-18-28)30(33)32(20-19-24-9-4-3-5-10-24)21-25-11-13-27(14-12-25)31(34)35/h3-20H,21H2,1-2H3,(H,34,35). The second-order valence-corrected chi connectivity index (χ2v) is 8.51. The highest BCUT2D eigenvalue weighted by Gasteiger charge is 2.15. The first-order valence-corrected chi connectivity index (χ1v) is 11.6. The predicted octanol–water partition coefficient (Wildman–Crippen LogP) is 7.11. The number of aromatic carboxylic acids is 1. The summed E-state index contributed by atoms with van der Waals surface area (Å²) in [5.41, 5.74) is 4.59. The van der Waals surface area contributed by atoms with Crippen molar-refractivity contribution in [2.24, 2.45) is 0 Å². The highest BCUT2D eigenvalue weighted by Crippen LogP contribution is 2.29. The van der Waals surface area contributed by atoms with Gasteiger partial charge in [-0.15, -0.1) is 0 Å². The lowest BCUT2D eigenvalue weighted by molar-refractivity contribution is 0.0696. The van der Waals surface area contributed by atoms with Gasteiger partial charge in [-0.2, -0.15) is 0 Å². The van der Waals surface area contributed by atoms with Crippen LogP contribution in [0.3, 0.4) is 0 Å². The van der Waals surface area contributed by atoms with Crippen molar-refractivity contribution in [3.05, 3.63) is 137 Å². The molecule has 5 nitrogen and oxygen atoms in total. The molecule has 0 aliphatic rings. The Morgan fingerprint density at radius 2 is 1.39 bits per heavy atom. The summed E-state index contributed by atoms with van der Waals surface area (Å²) < 4.78 is 6.08. The number of hydrogen-bond acceptors (Lipinski definition) is 3. The van der Waals surface area contributed by atoms with Gasteiger partial charge in [0.2, 0.25) is 0 Å². The fourth-order valence-electron chi connectivity index (χ4n) is 3.79. The van der Waals surface area contributed by atoms with E-state index in [4.69, 9.17) is 9.84 Å². The topological polar surface area (TPSA) is 66.8 Å². The average molecular weight is 478 g/mol. The van der Waals surface area contributed by atoms with Crippen molar-refractivity contribution in [3.8, 4) is 11.5 Å². The molecule has 180 valence electrons. The molecule has 0 aromatic heterocycles. The van der Waals surface area contributed by atoms with E-state index in [1.807, 2.05) is 68.5 Å². The third-order valence-corrected chi connectivity index (χ3v) is 5.79. The minimum Gasteiger partial charge on any atom is -0.478 e. The molecule has 0 bridgehead atoms. The van der Waals surface area contributed by atoms with Crippen LogP contribution in [0.25, 0.3) is 6.08 Å². The molecule has 0 aliphatic carbocycles. The number of carbonyl (C=O) groups is 2. The van der Waals surface area contributed by atoms with Crippen LogP contribution in [0, 0.1) is 13.8 Å². The SMILES string of the molecule is Cc1cccc(C)c1Oc1ccc(C(=O)N(C=Cc2ccccc2)Cc2ccc(C(=O)O)cc2)cc1. The summed E-state index contributed by atoms with van der Waals surface area (Å²) in [6.07, 6.45) is 3.63. The molecule has 36 heavy (non-hydrogen) atoms. The number of rotatable bonds is 8. The molecule has 4 aromatic rings. The molecule has 0 aliphatic heterocycles. The third-order valence-electron chi connectivity index (χ3n) is 5.79. The average Bonchev–Trinajstić information content (AvgIpc) is 2.89. The first-order valence-electron chi connectivity index (χ1n) is 11.6. The summed E-state index contributed by atoms with van der Waals surface area (Å²) in [7, 11) is 0. The Hall–Kier alpha value is -4.64. The van der Waals surface area contributed by atoms with Gasteiger partial charge >= 0.3 is 5.97 Å². The molecular weight excluding hydrogens is 450 g/mol. The fourth-order valence-corrected chi connectivity index (χ4v) is 3.79. The second kappa shape index (κ2) is 11.2. The van der Waals surface area contributed by atoms with Gasteiger partial charge in [-0.3, -0.25) is 4.79 Å². The molecular formula is C31H27NO4. The zero-order valence-electron chi connectivity index (χ0n) is 20.2. The Kier molecular flexibility index (Phi) is 7.61. The number of nitrogens with zero attached hydrogens (tertiary/aromatic N) is 1. The lowest BCUT2D eigenvalue weighted by atomic mass is 10.1. The van der Waals surface area contributed by atoms with Gasteiger partial charge in [-0.05, 0) is 78.6 Å². The van der Waals surface area contributed by atoms with Crippen molar-refractivity contribution in [3.63, 3.8) is 0 Å². The number of ether oxygens (including phenoxy) is 1. The smallest absolute Gasteiger partial charge is 0.335 e. The Morgan fingerprint density at radius 3 is 2.00 bits per heavy atom. The Labute approximate surface area is 210 Å². The van der Waals surface area contributed by atoms with Crippen LogP contribution in [0.15, 0.2) is 103 Å². The summed E-state index contributed by atoms with van der Waals surface area (Å²) in [6, 6.07) is 29.3. The van der Waals surface area contributed by atoms with Gasteiger partial charge < -0.3 is 14.7 Å². The molecule has 4 aromatic carbocycles. The van der Waals surface area contributed by atoms with Crippen molar-refractivity contribution in [2.45, 2.75) is 20.4 Å². The zero-order valence-corrected chi connectivity index (χ0v) is 20.2. The molecule has 4 rings (SSSR count). The summed E-state index contributed by atoms with van der Waals surface area (Å²) in [6.45, 7) is 4.29. The van der Waals surface area contributed by atoms with Crippen LogP contribution in [0.1, 0.15) is 43.0 Å². The number of carboxylic acids is 1. The maximum atomic E-state index is 13.5. The van der Waals surface area contributed by atoms with E-state index in [9.17, 15) is 9.59 Å². The van der Waals surface area contributed by atoms with E-state index < -0.39 is 5.97 Å². The predicted molar refractivity (Wildman–Crippen MR) is 141 cm³/mol. The van der Waals surface area contributed by atoms with E-state index in [-0.39, 0.29) is 11.5 Å². The first-order chi connectivity index (χ1) is 17.4. The molecule has 0 saturated heterocycles. The normalized spacial score (nSPS) is 10.8. The molecule has 0 fully saturated rings. The first kappa shape index (κ1) is 24.5. The van der Waals surface area contributed by atoms with Gasteiger partial charge in [0.05, 0.1) is 12.1 Å². The minimum absolute atomic E-state index is 0.178. The van der Waals surface area contributed by atoms with E-state index in [0.29, 0.717) is 17.9 Å². The van der Waals surface area contributed by atoms with Crippen molar-refractivity contribution in [2.75, 3.05) is 0 Å². The van der Waals surface area contributed by atoms with Crippen LogP contribution in [-0.4, -0.2) is 21.9 Å². The van der Waals surface area contributed by atoms with Crippen molar-refractivity contribution >= 4 is 18.0 Å². The van der Waals surface area contributed by atoms with Gasteiger partial charge in [0.15, 0.2) is 0 Å². The number of aryl methyl sites for hydroxylation is 2. The summed E-state index contributed by atoms with van der Waals surface area (Å²) in [4.78, 5) is 26.3. The molecule has 0 spiro atoms. The van der Waals surface area contributed by atoms with Gasteiger partial charge in [0.25, 0.3) is 5.91 Å². The summed E-state index contributed by atoms with van der Waals surface area (Å²) >= 11 is 0. The maximum absolute atomic E-state index is 13.5. The zero-order chi connectivity index (χ0) is 25.5. The number of hydrogen-bond donors (Lipinski definition) is 1. The van der Waals surface area contributed by atoms with E-state index in [2.05, 4.69) is 0 Å². The van der Waals surface area contributed by atoms with E-state index in [0.717, 1.165) is 28.0 Å². The van der Waals surface area contributed by atoms with Crippen LogP contribution in [0.2, 0.25) is 0 Å². The molecule has 1 amide bonds. The van der Waals surface area contributed by atoms with Crippen molar-refractivity contribution in [1.82, 2.24) is 4.90 Å². The lowest BCUT2D eigenvalue weighted by Crippen LogP contribution is -2.25. The van der Waals surface area contributed by atoms with Gasteiger partial charge in [0, 0.05) is 11.8 Å². The van der Waals surface area contributed by atoms with Gasteiger partial charge in [-0.1, -0.05) is 60.7 Å². The number of para-hydroxylation sites is 1. The molecule has 0 saturated carbocycles. The lowest BCUT2D eigenvalue weighted by Gasteiger charge is -2.19. The number of carboxylic acid groups (broad SMARTS) is 1. The highest BCUT2D eigenvalue weighted by atomic mass is 16.5. The van der Waals surface area contributed by atoms with Gasteiger partial charge in [0.1, 0.15) is 11.5 Å². The fraction of sp³-hybridized carbons (Fsp3) is 0.0968. The Bertz CT molecular complexity index is 1350. The van der Waals surface area contributed by atoms with Gasteiger partial charge in [-0.25, -0.2) is 4.79 Å². The summed E-state index contributed by atoms with van der Waals surface area (Å²) in [5, 5.41) is 9.16. The van der Waals surface area contributed by atoms with Crippen LogP contribution in [0.5, 0.6) is 11.5 Å². The van der Waals surface area contributed by atoms with Crippen molar-refractivity contribution < 1.29 is 19.4 Å². The Morgan fingerprint density at radius 1 is 0.778 bits per heavy atom. The summed E-state index contributed by atoms with van der Waals surface area (Å²) in [5.74, 6) is 0.304. The number of benzene rings is 4. The molecule has 0 radical (unpaired) electrons. The van der Waals surface area contributed by atoms with Crippen molar-refractivity contribution in [1.29, 1.82) is 0 Å². The quantitative estimate of drug-likeness (QED) is 0.294. The largest absolute Gasteiger partial charge is 0.478 e. The molecule has 5 heteroatoms. The molecule has 0 heterocycles. The van der Waals surface area contributed by atoms with E-state index in [1.165, 1.54) is 0 Å². The highest BCUT2D eigenvalue weighted by molar-refractivity contribution is 5.95.